The maximum absolute atomic E-state index is 6.10. The first kappa shape index (κ1) is 10.7. The Morgan fingerprint density at radius 1 is 1.46 bits per heavy atom. The highest BCUT2D eigenvalue weighted by Gasteiger charge is 2.10. The van der Waals surface area contributed by atoms with Crippen LogP contribution in [0.4, 0.5) is 0 Å². The van der Waals surface area contributed by atoms with Crippen molar-refractivity contribution in [2.24, 2.45) is 5.73 Å². The lowest BCUT2D eigenvalue weighted by atomic mass is 10.0. The van der Waals surface area contributed by atoms with E-state index in [2.05, 4.69) is 26.8 Å². The van der Waals surface area contributed by atoms with Gasteiger partial charge in [-0.25, -0.2) is 0 Å². The summed E-state index contributed by atoms with van der Waals surface area (Å²) in [5.74, 6) is 0. The van der Waals surface area contributed by atoms with E-state index < -0.39 is 0 Å². The van der Waals surface area contributed by atoms with E-state index in [1.807, 2.05) is 11.3 Å². The molecule has 0 aliphatic carbocycles. The Morgan fingerprint density at radius 2 is 2.15 bits per heavy atom. The summed E-state index contributed by atoms with van der Waals surface area (Å²) >= 11 is 1.85. The second kappa shape index (κ2) is 4.77. The number of unbranched alkanes of at least 4 members (excludes halogenated alkanes) is 1. The number of aryl methyl sites for hydroxylation is 2. The van der Waals surface area contributed by atoms with Gasteiger partial charge in [0.1, 0.15) is 0 Å². The molecule has 0 radical (unpaired) electrons. The standard InChI is InChI=1S/C11H19NS/c1-4-5-6-11(12)10-7-8(2)13-9(10)3/h7,11H,4-6,12H2,1-3H3. The zero-order valence-corrected chi connectivity index (χ0v) is 9.58. The Bertz CT molecular complexity index is 265. The Morgan fingerprint density at radius 3 is 2.62 bits per heavy atom. The molecule has 0 saturated heterocycles. The molecule has 2 N–H and O–H groups in total. The predicted octanol–water partition coefficient (Wildman–Crippen LogP) is 3.55. The number of rotatable bonds is 4. The number of hydrogen-bond acceptors (Lipinski definition) is 2. The molecule has 1 atom stereocenters. The van der Waals surface area contributed by atoms with Crippen LogP contribution in [0.25, 0.3) is 0 Å². The third-order valence-electron chi connectivity index (χ3n) is 2.35. The SMILES string of the molecule is CCCCC(N)c1cc(C)sc1C. The third kappa shape index (κ3) is 2.82. The fourth-order valence-corrected chi connectivity index (χ4v) is 2.60. The largest absolute Gasteiger partial charge is 0.324 e. The maximum Gasteiger partial charge on any atom is 0.0305 e. The van der Waals surface area contributed by atoms with Crippen molar-refractivity contribution in [2.75, 3.05) is 0 Å². The quantitative estimate of drug-likeness (QED) is 0.784. The molecular formula is C11H19NS. The zero-order chi connectivity index (χ0) is 9.84. The van der Waals surface area contributed by atoms with Gasteiger partial charge in [0.15, 0.2) is 0 Å². The van der Waals surface area contributed by atoms with Gasteiger partial charge in [-0.3, -0.25) is 0 Å². The van der Waals surface area contributed by atoms with E-state index in [1.165, 1.54) is 28.2 Å². The van der Waals surface area contributed by atoms with Crippen molar-refractivity contribution in [3.05, 3.63) is 21.4 Å². The summed E-state index contributed by atoms with van der Waals surface area (Å²) in [5.41, 5.74) is 7.46. The van der Waals surface area contributed by atoms with Gasteiger partial charge in [-0.2, -0.15) is 0 Å². The van der Waals surface area contributed by atoms with E-state index >= 15 is 0 Å². The molecular weight excluding hydrogens is 178 g/mol. The van der Waals surface area contributed by atoms with Crippen molar-refractivity contribution in [3.8, 4) is 0 Å². The fourth-order valence-electron chi connectivity index (χ4n) is 1.60. The van der Waals surface area contributed by atoms with Crippen LogP contribution in [-0.2, 0) is 0 Å². The Kier molecular flexibility index (Phi) is 3.94. The van der Waals surface area contributed by atoms with Gasteiger partial charge in [-0.1, -0.05) is 19.8 Å². The molecule has 1 nitrogen and oxygen atoms in total. The lowest BCUT2D eigenvalue weighted by molar-refractivity contribution is 0.603. The van der Waals surface area contributed by atoms with E-state index in [-0.39, 0.29) is 6.04 Å². The van der Waals surface area contributed by atoms with Gasteiger partial charge in [0, 0.05) is 15.8 Å². The molecule has 1 aromatic rings. The summed E-state index contributed by atoms with van der Waals surface area (Å²) < 4.78 is 0. The summed E-state index contributed by atoms with van der Waals surface area (Å²) in [7, 11) is 0. The van der Waals surface area contributed by atoms with Crippen molar-refractivity contribution in [1.82, 2.24) is 0 Å². The molecule has 0 bridgehead atoms. The molecule has 1 unspecified atom stereocenters. The molecule has 0 spiro atoms. The van der Waals surface area contributed by atoms with Crippen LogP contribution in [0.3, 0.4) is 0 Å². The number of thiophene rings is 1. The molecule has 0 aromatic carbocycles. The molecule has 1 heterocycles. The first-order valence-corrected chi connectivity index (χ1v) is 5.79. The molecule has 13 heavy (non-hydrogen) atoms. The average Bonchev–Trinajstić information content (AvgIpc) is 2.41. The van der Waals surface area contributed by atoms with Crippen LogP contribution in [-0.4, -0.2) is 0 Å². The summed E-state index contributed by atoms with van der Waals surface area (Å²) in [6.45, 7) is 6.52. The van der Waals surface area contributed by atoms with E-state index in [0.29, 0.717) is 0 Å². The molecule has 1 aromatic heterocycles. The van der Waals surface area contributed by atoms with Crippen molar-refractivity contribution in [3.63, 3.8) is 0 Å². The van der Waals surface area contributed by atoms with Crippen LogP contribution in [0.2, 0.25) is 0 Å². The lowest BCUT2D eigenvalue weighted by Crippen LogP contribution is -2.09. The highest BCUT2D eigenvalue weighted by Crippen LogP contribution is 2.27. The highest BCUT2D eigenvalue weighted by atomic mass is 32.1. The van der Waals surface area contributed by atoms with E-state index in [4.69, 9.17) is 5.73 Å². The molecule has 0 aliphatic rings. The monoisotopic (exact) mass is 197 g/mol. The van der Waals surface area contributed by atoms with Crippen LogP contribution in [0.5, 0.6) is 0 Å². The van der Waals surface area contributed by atoms with Gasteiger partial charge in [0.25, 0.3) is 0 Å². The fraction of sp³-hybridized carbons (Fsp3) is 0.636. The van der Waals surface area contributed by atoms with E-state index in [0.717, 1.165) is 6.42 Å². The molecule has 74 valence electrons. The smallest absolute Gasteiger partial charge is 0.0305 e. The Balaban J connectivity index is 2.64. The first-order valence-electron chi connectivity index (χ1n) is 4.97. The minimum atomic E-state index is 0.255. The highest BCUT2D eigenvalue weighted by molar-refractivity contribution is 7.12. The molecule has 0 amide bonds. The van der Waals surface area contributed by atoms with Gasteiger partial charge >= 0.3 is 0 Å². The van der Waals surface area contributed by atoms with Gasteiger partial charge in [-0.15, -0.1) is 11.3 Å². The molecule has 0 fully saturated rings. The van der Waals surface area contributed by atoms with E-state index in [9.17, 15) is 0 Å². The normalized spacial score (nSPS) is 13.2. The Labute approximate surface area is 85.0 Å². The summed E-state index contributed by atoms with van der Waals surface area (Å²) in [6, 6.07) is 2.49. The van der Waals surface area contributed by atoms with Gasteiger partial charge in [0.05, 0.1) is 0 Å². The van der Waals surface area contributed by atoms with Crippen molar-refractivity contribution < 1.29 is 0 Å². The van der Waals surface area contributed by atoms with Crippen molar-refractivity contribution in [1.29, 1.82) is 0 Å². The van der Waals surface area contributed by atoms with Crippen LogP contribution < -0.4 is 5.73 Å². The van der Waals surface area contributed by atoms with Gasteiger partial charge < -0.3 is 5.73 Å². The predicted molar refractivity (Wildman–Crippen MR) is 60.2 cm³/mol. The summed E-state index contributed by atoms with van der Waals surface area (Å²) in [6.07, 6.45) is 3.58. The lowest BCUT2D eigenvalue weighted by Gasteiger charge is -2.10. The van der Waals surface area contributed by atoms with Crippen molar-refractivity contribution >= 4 is 11.3 Å². The minimum Gasteiger partial charge on any atom is -0.324 e. The minimum absolute atomic E-state index is 0.255. The maximum atomic E-state index is 6.10. The third-order valence-corrected chi connectivity index (χ3v) is 3.33. The average molecular weight is 197 g/mol. The van der Waals surface area contributed by atoms with Crippen LogP contribution in [0, 0.1) is 13.8 Å². The molecule has 0 aliphatic heterocycles. The van der Waals surface area contributed by atoms with E-state index in [1.54, 1.807) is 0 Å². The second-order valence-corrected chi connectivity index (χ2v) is 5.08. The number of nitrogens with two attached hydrogens (primary N) is 1. The molecule has 0 saturated carbocycles. The number of hydrogen-bond donors (Lipinski definition) is 1. The van der Waals surface area contributed by atoms with Gasteiger partial charge in [0.2, 0.25) is 0 Å². The molecule has 2 heteroatoms. The van der Waals surface area contributed by atoms with Crippen LogP contribution in [0.1, 0.15) is 47.5 Å². The summed E-state index contributed by atoms with van der Waals surface area (Å²) in [4.78, 5) is 2.76. The summed E-state index contributed by atoms with van der Waals surface area (Å²) in [5, 5.41) is 0. The van der Waals surface area contributed by atoms with Crippen molar-refractivity contribution in [2.45, 2.75) is 46.1 Å². The van der Waals surface area contributed by atoms with Gasteiger partial charge in [-0.05, 0) is 31.9 Å². The topological polar surface area (TPSA) is 26.0 Å². The second-order valence-electron chi connectivity index (χ2n) is 3.62. The Hall–Kier alpha value is -0.340. The van der Waals surface area contributed by atoms with Crippen LogP contribution in [0.15, 0.2) is 6.07 Å². The first-order chi connectivity index (χ1) is 6.15. The molecule has 1 rings (SSSR count). The van der Waals surface area contributed by atoms with Crippen LogP contribution >= 0.6 is 11.3 Å². The zero-order valence-electron chi connectivity index (χ0n) is 8.76.